The summed E-state index contributed by atoms with van der Waals surface area (Å²) in [6.45, 7) is 2.94. The van der Waals surface area contributed by atoms with Gasteiger partial charge in [0.05, 0.1) is 15.8 Å². The average Bonchev–Trinajstić information content (AvgIpc) is 2.28. The number of hydrogen-bond donors (Lipinski definition) is 2. The molecule has 0 aliphatic carbocycles. The van der Waals surface area contributed by atoms with Gasteiger partial charge in [0.25, 0.3) is 0 Å². The van der Waals surface area contributed by atoms with E-state index in [0.717, 1.165) is 0 Å². The van der Waals surface area contributed by atoms with Crippen molar-refractivity contribution in [2.75, 3.05) is 23.7 Å². The molecule has 1 amide bonds. The number of carbonyl (C=O) groups excluding carboxylic acids is 1. The summed E-state index contributed by atoms with van der Waals surface area (Å²) in [7, 11) is 0. The van der Waals surface area contributed by atoms with Gasteiger partial charge < -0.3 is 16.0 Å². The van der Waals surface area contributed by atoms with Crippen molar-refractivity contribution in [1.29, 1.82) is 0 Å². The van der Waals surface area contributed by atoms with Gasteiger partial charge in [0.2, 0.25) is 5.91 Å². The van der Waals surface area contributed by atoms with Crippen LogP contribution in [0.3, 0.4) is 0 Å². The van der Waals surface area contributed by atoms with Gasteiger partial charge in [0.15, 0.2) is 0 Å². The van der Waals surface area contributed by atoms with E-state index in [0.29, 0.717) is 28.9 Å². The number of halogens is 2. The van der Waals surface area contributed by atoms with Crippen molar-refractivity contribution < 1.29 is 9.18 Å². The first-order valence-corrected chi connectivity index (χ1v) is 6.09. The maximum absolute atomic E-state index is 13.5. The van der Waals surface area contributed by atoms with Gasteiger partial charge in [0.1, 0.15) is 11.9 Å². The van der Waals surface area contributed by atoms with Crippen molar-refractivity contribution in [3.05, 3.63) is 22.4 Å². The van der Waals surface area contributed by atoms with Crippen molar-refractivity contribution in [3.63, 3.8) is 0 Å². The topological polar surface area (TPSA) is 58.4 Å². The third kappa shape index (κ3) is 2.22. The fourth-order valence-corrected chi connectivity index (χ4v) is 2.27. The van der Waals surface area contributed by atoms with Gasteiger partial charge in [-0.05, 0) is 28.9 Å². The molecule has 1 fully saturated rings. The zero-order valence-electron chi connectivity index (χ0n) is 9.34. The number of benzene rings is 1. The van der Waals surface area contributed by atoms with Crippen LogP contribution in [0.25, 0.3) is 0 Å². The molecule has 92 valence electrons. The SMILES string of the molecule is CC1C(=O)NCCN1c1cc(F)c(Br)cc1N. The summed E-state index contributed by atoms with van der Waals surface area (Å²) in [5.74, 6) is -0.452. The van der Waals surface area contributed by atoms with Crippen LogP contribution in [0.15, 0.2) is 16.6 Å². The highest BCUT2D eigenvalue weighted by Crippen LogP contribution is 2.31. The second kappa shape index (κ2) is 4.52. The van der Waals surface area contributed by atoms with Crippen molar-refractivity contribution >= 4 is 33.2 Å². The Morgan fingerprint density at radius 1 is 1.59 bits per heavy atom. The molecule has 1 unspecified atom stereocenters. The van der Waals surface area contributed by atoms with Gasteiger partial charge in [-0.25, -0.2) is 4.39 Å². The number of rotatable bonds is 1. The number of hydrogen-bond acceptors (Lipinski definition) is 3. The fraction of sp³-hybridized carbons (Fsp3) is 0.364. The number of piperazine rings is 1. The van der Waals surface area contributed by atoms with E-state index in [4.69, 9.17) is 5.73 Å². The summed E-state index contributed by atoms with van der Waals surface area (Å²) in [5, 5.41) is 2.75. The molecule has 1 aromatic carbocycles. The van der Waals surface area contributed by atoms with Gasteiger partial charge >= 0.3 is 0 Å². The fourth-order valence-electron chi connectivity index (χ4n) is 1.91. The third-order valence-electron chi connectivity index (χ3n) is 2.88. The normalized spacial score (nSPS) is 20.3. The summed E-state index contributed by atoms with van der Waals surface area (Å²) in [6, 6.07) is 2.53. The molecule has 1 heterocycles. The maximum atomic E-state index is 13.5. The first-order chi connectivity index (χ1) is 8.00. The van der Waals surface area contributed by atoms with Gasteiger partial charge in [-0.1, -0.05) is 0 Å². The predicted octanol–water partition coefficient (Wildman–Crippen LogP) is 1.50. The molecule has 1 saturated heterocycles. The number of nitrogens with zero attached hydrogens (tertiary/aromatic N) is 1. The van der Waals surface area contributed by atoms with Crippen LogP contribution in [-0.4, -0.2) is 25.0 Å². The Bertz CT molecular complexity index is 466. The summed E-state index contributed by atoms with van der Waals surface area (Å²) < 4.78 is 13.8. The lowest BCUT2D eigenvalue weighted by Crippen LogP contribution is -2.54. The zero-order valence-corrected chi connectivity index (χ0v) is 10.9. The van der Waals surface area contributed by atoms with Gasteiger partial charge in [-0.2, -0.15) is 0 Å². The lowest BCUT2D eigenvalue weighted by molar-refractivity contribution is -0.122. The summed E-state index contributed by atoms with van der Waals surface area (Å²) >= 11 is 3.08. The number of anilines is 2. The molecule has 0 aromatic heterocycles. The highest BCUT2D eigenvalue weighted by molar-refractivity contribution is 9.10. The standard InChI is InChI=1S/C11H13BrFN3O/c1-6-11(17)15-2-3-16(6)10-5-8(13)7(12)4-9(10)14/h4-6H,2-3,14H2,1H3,(H,15,17). The Morgan fingerprint density at radius 2 is 2.29 bits per heavy atom. The average molecular weight is 302 g/mol. The van der Waals surface area contributed by atoms with Crippen LogP contribution in [0.4, 0.5) is 15.8 Å². The summed E-state index contributed by atoms with van der Waals surface area (Å²) in [4.78, 5) is 13.4. The Hall–Kier alpha value is -1.30. The molecule has 0 saturated carbocycles. The molecule has 4 nitrogen and oxygen atoms in total. The largest absolute Gasteiger partial charge is 0.397 e. The Labute approximate surface area is 107 Å². The monoisotopic (exact) mass is 301 g/mol. The van der Waals surface area contributed by atoms with Crippen LogP contribution in [-0.2, 0) is 4.79 Å². The zero-order chi connectivity index (χ0) is 12.6. The molecule has 0 spiro atoms. The quantitative estimate of drug-likeness (QED) is 0.773. The predicted molar refractivity (Wildman–Crippen MR) is 68.3 cm³/mol. The molecule has 0 radical (unpaired) electrons. The molecule has 3 N–H and O–H groups in total. The molecule has 1 aliphatic rings. The van der Waals surface area contributed by atoms with Crippen molar-refractivity contribution in [1.82, 2.24) is 5.32 Å². The Kier molecular flexibility index (Phi) is 3.24. The van der Waals surface area contributed by atoms with Crippen LogP contribution < -0.4 is 16.0 Å². The lowest BCUT2D eigenvalue weighted by atomic mass is 10.1. The van der Waals surface area contributed by atoms with Crippen LogP contribution >= 0.6 is 15.9 Å². The van der Waals surface area contributed by atoms with E-state index in [1.165, 1.54) is 12.1 Å². The van der Waals surface area contributed by atoms with Crippen molar-refractivity contribution in [2.24, 2.45) is 0 Å². The molecule has 1 atom stereocenters. The second-order valence-electron chi connectivity index (χ2n) is 3.99. The first-order valence-electron chi connectivity index (χ1n) is 5.29. The molecule has 0 bridgehead atoms. The van der Waals surface area contributed by atoms with Gasteiger partial charge in [-0.3, -0.25) is 4.79 Å². The molecule has 1 aromatic rings. The van der Waals surface area contributed by atoms with Crippen LogP contribution in [0.2, 0.25) is 0 Å². The lowest BCUT2D eigenvalue weighted by Gasteiger charge is -2.35. The number of amides is 1. The van der Waals surface area contributed by atoms with E-state index in [9.17, 15) is 9.18 Å². The summed E-state index contributed by atoms with van der Waals surface area (Å²) in [5.41, 5.74) is 6.88. The number of carbonyl (C=O) groups is 1. The first kappa shape index (κ1) is 12.2. The number of nitrogens with two attached hydrogens (primary N) is 1. The van der Waals surface area contributed by atoms with E-state index in [2.05, 4.69) is 21.2 Å². The molecular formula is C11H13BrFN3O. The van der Waals surface area contributed by atoms with Crippen molar-refractivity contribution in [2.45, 2.75) is 13.0 Å². The van der Waals surface area contributed by atoms with E-state index in [1.54, 1.807) is 6.92 Å². The van der Waals surface area contributed by atoms with E-state index in [-0.39, 0.29) is 17.8 Å². The molecule has 6 heteroatoms. The minimum absolute atomic E-state index is 0.0704. The Balaban J connectivity index is 2.39. The Morgan fingerprint density at radius 3 is 3.00 bits per heavy atom. The molecular weight excluding hydrogens is 289 g/mol. The van der Waals surface area contributed by atoms with Crippen molar-refractivity contribution in [3.8, 4) is 0 Å². The van der Waals surface area contributed by atoms with Gasteiger partial charge in [-0.15, -0.1) is 0 Å². The minimum atomic E-state index is -0.382. The van der Waals surface area contributed by atoms with Crippen LogP contribution in [0.1, 0.15) is 6.92 Å². The van der Waals surface area contributed by atoms with Crippen LogP contribution in [0, 0.1) is 5.82 Å². The minimum Gasteiger partial charge on any atom is -0.397 e. The number of nitrogen functional groups attached to an aromatic ring is 1. The van der Waals surface area contributed by atoms with E-state index in [1.807, 2.05) is 4.90 Å². The molecule has 1 aliphatic heterocycles. The number of nitrogens with one attached hydrogen (secondary N) is 1. The van der Waals surface area contributed by atoms with E-state index >= 15 is 0 Å². The smallest absolute Gasteiger partial charge is 0.242 e. The van der Waals surface area contributed by atoms with E-state index < -0.39 is 0 Å². The molecule has 17 heavy (non-hydrogen) atoms. The highest BCUT2D eigenvalue weighted by atomic mass is 79.9. The van der Waals surface area contributed by atoms with Crippen LogP contribution in [0.5, 0.6) is 0 Å². The third-order valence-corrected chi connectivity index (χ3v) is 3.49. The summed E-state index contributed by atoms with van der Waals surface area (Å²) in [6.07, 6.45) is 0. The second-order valence-corrected chi connectivity index (χ2v) is 4.84. The maximum Gasteiger partial charge on any atom is 0.242 e. The molecule has 2 rings (SSSR count). The highest BCUT2D eigenvalue weighted by Gasteiger charge is 2.27. The van der Waals surface area contributed by atoms with Gasteiger partial charge in [0, 0.05) is 19.2 Å².